The Morgan fingerprint density at radius 3 is 2.24 bits per heavy atom. The summed E-state index contributed by atoms with van der Waals surface area (Å²) in [7, 11) is -4.27. The van der Waals surface area contributed by atoms with Crippen LogP contribution in [0.1, 0.15) is 34.4 Å². The van der Waals surface area contributed by atoms with Crippen molar-refractivity contribution < 1.29 is 35.2 Å². The molecule has 0 aliphatic rings. The van der Waals surface area contributed by atoms with Crippen LogP contribution < -0.4 is 5.32 Å². The van der Waals surface area contributed by atoms with E-state index in [-0.39, 0.29) is 17.1 Å². The molecule has 2 aromatic carbocycles. The van der Waals surface area contributed by atoms with Gasteiger partial charge in [0.2, 0.25) is 9.84 Å². The van der Waals surface area contributed by atoms with Crippen molar-refractivity contribution in [3.8, 4) is 0 Å². The Morgan fingerprint density at radius 2 is 1.61 bits per heavy atom. The van der Waals surface area contributed by atoms with Crippen molar-refractivity contribution in [3.05, 3.63) is 83.4 Å². The molecule has 0 radical (unpaired) electrons. The smallest absolute Gasteiger partial charge is 0.347 e. The van der Waals surface area contributed by atoms with Gasteiger partial charge in [-0.25, -0.2) is 18.4 Å². The topological polar surface area (TPSA) is 89.0 Å². The number of carbonyl (C=O) groups excluding carboxylic acids is 1. The van der Waals surface area contributed by atoms with Gasteiger partial charge in [0.25, 0.3) is 5.91 Å². The molecule has 0 atom stereocenters. The standard InChI is InChI=1S/C21H16F5N3O3S/c1-20(22,23)19-27-9-8-17(29-19)18(30)28-12-13-4-2-6-15(10-13)33(31,32)16-7-3-5-14(11-16)21(24,25)26/h2-11H,12H2,1H3,(H,28,30). The van der Waals surface area contributed by atoms with E-state index < -0.39 is 44.1 Å². The van der Waals surface area contributed by atoms with Crippen molar-refractivity contribution in [2.75, 3.05) is 0 Å². The van der Waals surface area contributed by atoms with E-state index in [1.54, 1.807) is 0 Å². The molecule has 1 aromatic heterocycles. The average Bonchev–Trinajstić information content (AvgIpc) is 2.76. The predicted octanol–water partition coefficient (Wildman–Crippen LogP) is 4.37. The number of sulfone groups is 1. The molecule has 0 spiro atoms. The zero-order valence-electron chi connectivity index (χ0n) is 16.9. The van der Waals surface area contributed by atoms with E-state index in [9.17, 15) is 35.2 Å². The fraction of sp³-hybridized carbons (Fsp3) is 0.190. The third-order valence-corrected chi connectivity index (χ3v) is 6.16. The number of rotatable bonds is 6. The monoisotopic (exact) mass is 485 g/mol. The van der Waals surface area contributed by atoms with Gasteiger partial charge < -0.3 is 5.32 Å². The van der Waals surface area contributed by atoms with Crippen LogP contribution in [-0.4, -0.2) is 24.3 Å². The summed E-state index contributed by atoms with van der Waals surface area (Å²) in [5.74, 6) is -4.97. The van der Waals surface area contributed by atoms with Gasteiger partial charge >= 0.3 is 12.1 Å². The molecule has 0 unspecified atom stereocenters. The molecular weight excluding hydrogens is 469 g/mol. The largest absolute Gasteiger partial charge is 0.416 e. The van der Waals surface area contributed by atoms with Gasteiger partial charge in [0.05, 0.1) is 15.4 Å². The summed E-state index contributed by atoms with van der Waals surface area (Å²) in [5.41, 5.74) is -1.10. The van der Waals surface area contributed by atoms with Crippen molar-refractivity contribution in [2.45, 2.75) is 35.4 Å². The molecule has 33 heavy (non-hydrogen) atoms. The van der Waals surface area contributed by atoms with Crippen LogP contribution in [0, 0.1) is 0 Å². The SMILES string of the molecule is CC(F)(F)c1nccc(C(=O)NCc2cccc(S(=O)(=O)c3cccc(C(F)(F)F)c3)c2)n1. The van der Waals surface area contributed by atoms with Crippen LogP contribution in [-0.2, 0) is 28.5 Å². The molecule has 0 aliphatic heterocycles. The summed E-state index contributed by atoms with van der Waals surface area (Å²) in [6, 6.07) is 9.74. The molecule has 0 fully saturated rings. The number of hydrogen-bond donors (Lipinski definition) is 1. The number of alkyl halides is 5. The highest BCUT2D eigenvalue weighted by Crippen LogP contribution is 2.32. The number of halogens is 5. The Hall–Kier alpha value is -3.41. The number of amides is 1. The van der Waals surface area contributed by atoms with Gasteiger partial charge in [-0.05, 0) is 42.0 Å². The maximum Gasteiger partial charge on any atom is 0.416 e. The van der Waals surface area contributed by atoms with Crippen LogP contribution >= 0.6 is 0 Å². The van der Waals surface area contributed by atoms with Gasteiger partial charge in [0.15, 0.2) is 5.82 Å². The number of aromatic nitrogens is 2. The van der Waals surface area contributed by atoms with E-state index in [1.165, 1.54) is 24.3 Å². The van der Waals surface area contributed by atoms with Crippen LogP contribution in [0.4, 0.5) is 22.0 Å². The molecule has 3 rings (SSSR count). The third-order valence-electron chi connectivity index (χ3n) is 4.41. The highest BCUT2D eigenvalue weighted by Gasteiger charge is 2.32. The molecule has 6 nitrogen and oxygen atoms in total. The van der Waals surface area contributed by atoms with E-state index in [2.05, 4.69) is 15.3 Å². The van der Waals surface area contributed by atoms with Crippen LogP contribution in [0.3, 0.4) is 0 Å². The molecule has 3 aromatic rings. The first-order chi connectivity index (χ1) is 15.3. The van der Waals surface area contributed by atoms with Crippen LogP contribution in [0.15, 0.2) is 70.6 Å². The number of nitrogens with zero attached hydrogens (tertiary/aromatic N) is 2. The lowest BCUT2D eigenvalue weighted by molar-refractivity contribution is -0.137. The second-order valence-corrected chi connectivity index (χ2v) is 8.96. The van der Waals surface area contributed by atoms with E-state index >= 15 is 0 Å². The van der Waals surface area contributed by atoms with E-state index in [0.717, 1.165) is 30.5 Å². The molecule has 12 heteroatoms. The summed E-state index contributed by atoms with van der Waals surface area (Å²) in [6.07, 6.45) is -3.70. The zero-order chi connectivity index (χ0) is 24.4. The fourth-order valence-electron chi connectivity index (χ4n) is 2.77. The summed E-state index contributed by atoms with van der Waals surface area (Å²) >= 11 is 0. The summed E-state index contributed by atoms with van der Waals surface area (Å²) in [5, 5.41) is 2.42. The van der Waals surface area contributed by atoms with Gasteiger partial charge in [-0.15, -0.1) is 0 Å². The van der Waals surface area contributed by atoms with Crippen LogP contribution in [0.2, 0.25) is 0 Å². The lowest BCUT2D eigenvalue weighted by atomic mass is 10.2. The van der Waals surface area contributed by atoms with Gasteiger partial charge in [-0.1, -0.05) is 18.2 Å². The number of carbonyl (C=O) groups is 1. The van der Waals surface area contributed by atoms with Crippen LogP contribution in [0.25, 0.3) is 0 Å². The van der Waals surface area contributed by atoms with Gasteiger partial charge in [0.1, 0.15) is 5.69 Å². The Labute approximate surface area is 185 Å². The minimum Gasteiger partial charge on any atom is -0.347 e. The van der Waals surface area contributed by atoms with Gasteiger partial charge in [-0.3, -0.25) is 4.79 Å². The van der Waals surface area contributed by atoms with Crippen LogP contribution in [0.5, 0.6) is 0 Å². The normalized spacial score (nSPS) is 12.4. The highest BCUT2D eigenvalue weighted by molar-refractivity contribution is 7.91. The molecular formula is C21H16F5N3O3S. The first kappa shape index (κ1) is 24.2. The van der Waals surface area contributed by atoms with E-state index in [4.69, 9.17) is 0 Å². The molecule has 1 N–H and O–H groups in total. The van der Waals surface area contributed by atoms with Crippen molar-refractivity contribution in [3.63, 3.8) is 0 Å². The van der Waals surface area contributed by atoms with Crippen molar-refractivity contribution in [1.82, 2.24) is 15.3 Å². The number of benzene rings is 2. The summed E-state index contributed by atoms with van der Waals surface area (Å²) in [6.45, 7) is 0.396. The lowest BCUT2D eigenvalue weighted by Crippen LogP contribution is -2.25. The number of hydrogen-bond acceptors (Lipinski definition) is 5. The Morgan fingerprint density at radius 1 is 0.970 bits per heavy atom. The van der Waals surface area contributed by atoms with Crippen molar-refractivity contribution >= 4 is 15.7 Å². The Balaban J connectivity index is 1.80. The molecule has 1 amide bonds. The summed E-state index contributed by atoms with van der Waals surface area (Å²) < 4.78 is 91.2. The first-order valence-electron chi connectivity index (χ1n) is 9.29. The molecule has 0 saturated carbocycles. The second kappa shape index (κ2) is 8.85. The number of nitrogens with one attached hydrogen (secondary N) is 1. The van der Waals surface area contributed by atoms with E-state index in [0.29, 0.717) is 18.6 Å². The lowest BCUT2D eigenvalue weighted by Gasteiger charge is -2.11. The molecule has 0 saturated heterocycles. The van der Waals surface area contributed by atoms with Crippen molar-refractivity contribution in [2.24, 2.45) is 0 Å². The third kappa shape index (κ3) is 5.69. The quantitative estimate of drug-likeness (QED) is 0.524. The maximum atomic E-state index is 13.4. The van der Waals surface area contributed by atoms with Gasteiger partial charge in [-0.2, -0.15) is 22.0 Å². The molecule has 1 heterocycles. The summed E-state index contributed by atoms with van der Waals surface area (Å²) in [4.78, 5) is 18.4. The Bertz CT molecular complexity index is 1290. The highest BCUT2D eigenvalue weighted by atomic mass is 32.2. The average molecular weight is 485 g/mol. The fourth-order valence-corrected chi connectivity index (χ4v) is 4.14. The molecule has 0 bridgehead atoms. The first-order valence-corrected chi connectivity index (χ1v) is 10.8. The minimum atomic E-state index is -4.71. The maximum absolute atomic E-state index is 13.4. The second-order valence-electron chi connectivity index (χ2n) is 7.01. The van der Waals surface area contributed by atoms with E-state index in [1.807, 2.05) is 0 Å². The molecule has 0 aliphatic carbocycles. The zero-order valence-corrected chi connectivity index (χ0v) is 17.7. The Kier molecular flexibility index (Phi) is 6.50. The molecule has 174 valence electrons. The van der Waals surface area contributed by atoms with Crippen molar-refractivity contribution in [1.29, 1.82) is 0 Å². The minimum absolute atomic E-state index is 0.188. The van der Waals surface area contributed by atoms with Gasteiger partial charge in [0, 0.05) is 19.7 Å². The predicted molar refractivity (Wildman–Crippen MR) is 106 cm³/mol.